The molecule has 0 atom stereocenters. The van der Waals surface area contributed by atoms with Gasteiger partial charge in [-0.15, -0.1) is 0 Å². The molecule has 0 radical (unpaired) electrons. The van der Waals surface area contributed by atoms with E-state index in [1.54, 1.807) is 67.1 Å². The predicted octanol–water partition coefficient (Wildman–Crippen LogP) is 3.94. The standard InChI is InChI=1S/C19H17N3O2S/c1-15-8-10-17(11-9-15)25(23,24)22-19-7-3-2-6-18(19)21-14-16-5-4-12-20-13-16/h2-14,22H,1H3. The lowest BCUT2D eigenvalue weighted by Crippen LogP contribution is -2.13. The monoisotopic (exact) mass is 351 g/mol. The fourth-order valence-electron chi connectivity index (χ4n) is 2.19. The van der Waals surface area contributed by atoms with E-state index in [0.717, 1.165) is 11.1 Å². The van der Waals surface area contributed by atoms with Crippen LogP contribution in [0.3, 0.4) is 0 Å². The number of anilines is 1. The van der Waals surface area contributed by atoms with E-state index in [2.05, 4.69) is 14.7 Å². The number of benzene rings is 2. The van der Waals surface area contributed by atoms with Crippen LogP contribution < -0.4 is 4.72 Å². The molecule has 3 rings (SSSR count). The SMILES string of the molecule is Cc1ccc(S(=O)(=O)Nc2ccccc2N=Cc2cccnc2)cc1. The molecule has 6 heteroatoms. The number of aryl methyl sites for hydroxylation is 1. The molecule has 0 spiro atoms. The number of para-hydroxylation sites is 2. The van der Waals surface area contributed by atoms with Gasteiger partial charge in [0.05, 0.1) is 16.3 Å². The molecule has 5 nitrogen and oxygen atoms in total. The van der Waals surface area contributed by atoms with E-state index in [-0.39, 0.29) is 4.90 Å². The summed E-state index contributed by atoms with van der Waals surface area (Å²) in [6.07, 6.45) is 5.01. The number of rotatable bonds is 5. The second kappa shape index (κ2) is 7.27. The lowest BCUT2D eigenvalue weighted by Gasteiger charge is -2.10. The van der Waals surface area contributed by atoms with E-state index in [9.17, 15) is 8.42 Å². The van der Waals surface area contributed by atoms with Crippen LogP contribution in [-0.4, -0.2) is 19.6 Å². The van der Waals surface area contributed by atoms with Gasteiger partial charge in [-0.2, -0.15) is 0 Å². The molecule has 3 aromatic rings. The molecule has 0 saturated carbocycles. The summed E-state index contributed by atoms with van der Waals surface area (Å²) in [6.45, 7) is 1.91. The molecule has 0 aliphatic heterocycles. The average molecular weight is 351 g/mol. The van der Waals surface area contributed by atoms with Crippen LogP contribution in [-0.2, 0) is 10.0 Å². The highest BCUT2D eigenvalue weighted by Crippen LogP contribution is 2.27. The van der Waals surface area contributed by atoms with E-state index in [4.69, 9.17) is 0 Å². The summed E-state index contributed by atoms with van der Waals surface area (Å²) in [5.74, 6) is 0. The van der Waals surface area contributed by atoms with Crippen LogP contribution in [0.5, 0.6) is 0 Å². The van der Waals surface area contributed by atoms with Gasteiger partial charge in [0.2, 0.25) is 0 Å². The van der Waals surface area contributed by atoms with Crippen molar-refractivity contribution in [3.63, 3.8) is 0 Å². The fourth-order valence-corrected chi connectivity index (χ4v) is 3.26. The van der Waals surface area contributed by atoms with Crippen LogP contribution in [0, 0.1) is 6.92 Å². The molecular weight excluding hydrogens is 334 g/mol. The lowest BCUT2D eigenvalue weighted by molar-refractivity contribution is 0.601. The number of aliphatic imine (C=N–C) groups is 1. The molecule has 1 heterocycles. The Morgan fingerprint density at radius 1 is 1.00 bits per heavy atom. The van der Waals surface area contributed by atoms with E-state index in [0.29, 0.717) is 11.4 Å². The van der Waals surface area contributed by atoms with E-state index >= 15 is 0 Å². The minimum atomic E-state index is -3.67. The molecule has 1 aromatic heterocycles. The van der Waals surface area contributed by atoms with Crippen LogP contribution in [0.4, 0.5) is 11.4 Å². The van der Waals surface area contributed by atoms with Gasteiger partial charge in [-0.05, 0) is 37.3 Å². The highest BCUT2D eigenvalue weighted by molar-refractivity contribution is 7.92. The van der Waals surface area contributed by atoms with E-state index in [1.807, 2.05) is 19.1 Å². The van der Waals surface area contributed by atoms with Gasteiger partial charge >= 0.3 is 0 Å². The first-order valence-electron chi connectivity index (χ1n) is 7.67. The Morgan fingerprint density at radius 3 is 2.48 bits per heavy atom. The van der Waals surface area contributed by atoms with Crippen molar-refractivity contribution in [3.05, 3.63) is 84.2 Å². The minimum absolute atomic E-state index is 0.212. The molecule has 25 heavy (non-hydrogen) atoms. The number of nitrogens with one attached hydrogen (secondary N) is 1. The first kappa shape index (κ1) is 16.9. The first-order valence-corrected chi connectivity index (χ1v) is 9.15. The molecule has 0 bridgehead atoms. The predicted molar refractivity (Wildman–Crippen MR) is 99.9 cm³/mol. The molecule has 1 N–H and O–H groups in total. The second-order valence-corrected chi connectivity index (χ2v) is 7.16. The topological polar surface area (TPSA) is 71.4 Å². The lowest BCUT2D eigenvalue weighted by atomic mass is 10.2. The van der Waals surface area contributed by atoms with Gasteiger partial charge in [-0.1, -0.05) is 35.9 Å². The minimum Gasteiger partial charge on any atom is -0.277 e. The Bertz CT molecular complexity index is 983. The summed E-state index contributed by atoms with van der Waals surface area (Å²) in [7, 11) is -3.67. The van der Waals surface area contributed by atoms with Crippen molar-refractivity contribution in [1.82, 2.24) is 4.98 Å². The normalized spacial score (nSPS) is 11.6. The Morgan fingerprint density at radius 2 is 1.76 bits per heavy atom. The average Bonchev–Trinajstić information content (AvgIpc) is 2.62. The maximum absolute atomic E-state index is 12.6. The van der Waals surface area contributed by atoms with E-state index < -0.39 is 10.0 Å². The number of sulfonamides is 1. The molecule has 0 aliphatic carbocycles. The van der Waals surface area contributed by atoms with Gasteiger partial charge < -0.3 is 0 Å². The van der Waals surface area contributed by atoms with E-state index in [1.165, 1.54) is 0 Å². The van der Waals surface area contributed by atoms with Gasteiger partial charge in [0.15, 0.2) is 0 Å². The Labute approximate surface area is 147 Å². The van der Waals surface area contributed by atoms with Crippen molar-refractivity contribution in [2.24, 2.45) is 4.99 Å². The van der Waals surface area contributed by atoms with Crippen LogP contribution in [0.2, 0.25) is 0 Å². The molecule has 0 unspecified atom stereocenters. The zero-order valence-corrected chi connectivity index (χ0v) is 14.4. The number of nitrogens with zero attached hydrogens (tertiary/aromatic N) is 2. The van der Waals surface area contributed by atoms with Crippen molar-refractivity contribution in [3.8, 4) is 0 Å². The van der Waals surface area contributed by atoms with Crippen LogP contribution in [0.25, 0.3) is 0 Å². The fraction of sp³-hybridized carbons (Fsp3) is 0.0526. The second-order valence-electron chi connectivity index (χ2n) is 5.48. The molecule has 0 amide bonds. The molecule has 126 valence electrons. The number of hydrogen-bond acceptors (Lipinski definition) is 4. The Hall–Kier alpha value is -2.99. The zero-order valence-electron chi connectivity index (χ0n) is 13.6. The van der Waals surface area contributed by atoms with Gasteiger partial charge in [0.1, 0.15) is 0 Å². The number of hydrogen-bond donors (Lipinski definition) is 1. The summed E-state index contributed by atoms with van der Waals surface area (Å²) in [6, 6.07) is 17.4. The van der Waals surface area contributed by atoms with Crippen LogP contribution >= 0.6 is 0 Å². The van der Waals surface area contributed by atoms with Crippen LogP contribution in [0.1, 0.15) is 11.1 Å². The zero-order chi connectivity index (χ0) is 17.7. The van der Waals surface area contributed by atoms with Gasteiger partial charge in [0, 0.05) is 24.2 Å². The smallest absolute Gasteiger partial charge is 0.261 e. The molecule has 0 aliphatic rings. The van der Waals surface area contributed by atoms with Crippen molar-refractivity contribution in [2.45, 2.75) is 11.8 Å². The van der Waals surface area contributed by atoms with Crippen molar-refractivity contribution in [1.29, 1.82) is 0 Å². The third-order valence-corrected chi connectivity index (χ3v) is 4.90. The molecule has 2 aromatic carbocycles. The summed E-state index contributed by atoms with van der Waals surface area (Å²) in [4.78, 5) is 8.61. The van der Waals surface area contributed by atoms with Gasteiger partial charge in [0.25, 0.3) is 10.0 Å². The maximum Gasteiger partial charge on any atom is 0.261 e. The molecular formula is C19H17N3O2S. The van der Waals surface area contributed by atoms with Gasteiger partial charge in [-0.25, -0.2) is 8.42 Å². The quantitative estimate of drug-likeness (QED) is 0.708. The third kappa shape index (κ3) is 4.30. The van der Waals surface area contributed by atoms with Crippen molar-refractivity contribution < 1.29 is 8.42 Å². The Balaban J connectivity index is 1.88. The third-order valence-electron chi connectivity index (χ3n) is 3.52. The van der Waals surface area contributed by atoms with Crippen molar-refractivity contribution >= 4 is 27.6 Å². The largest absolute Gasteiger partial charge is 0.277 e. The number of aromatic nitrogens is 1. The first-order chi connectivity index (χ1) is 12.0. The summed E-state index contributed by atoms with van der Waals surface area (Å²) < 4.78 is 27.7. The molecule has 0 saturated heterocycles. The summed E-state index contributed by atoms with van der Waals surface area (Å²) in [5.41, 5.74) is 2.78. The summed E-state index contributed by atoms with van der Waals surface area (Å²) >= 11 is 0. The number of pyridine rings is 1. The summed E-state index contributed by atoms with van der Waals surface area (Å²) in [5, 5.41) is 0. The molecule has 0 fully saturated rings. The van der Waals surface area contributed by atoms with Gasteiger partial charge in [-0.3, -0.25) is 14.7 Å². The highest BCUT2D eigenvalue weighted by Gasteiger charge is 2.15. The maximum atomic E-state index is 12.6. The van der Waals surface area contributed by atoms with Crippen molar-refractivity contribution in [2.75, 3.05) is 4.72 Å². The Kier molecular flexibility index (Phi) is 4.90. The van der Waals surface area contributed by atoms with Crippen LogP contribution in [0.15, 0.2) is 82.9 Å². The highest BCUT2D eigenvalue weighted by atomic mass is 32.2.